The summed E-state index contributed by atoms with van der Waals surface area (Å²) in [4.78, 5) is 2.36. The maximum Gasteiger partial charge on any atom is 0.279 e. The fourth-order valence-corrected chi connectivity index (χ4v) is 3.55. The molecule has 17 heavy (non-hydrogen) atoms. The molecule has 1 aromatic rings. The van der Waals surface area contributed by atoms with E-state index in [0.29, 0.717) is 6.04 Å². The average molecular weight is 232 g/mol. The molecule has 3 heteroatoms. The van der Waals surface area contributed by atoms with E-state index >= 15 is 0 Å². The molecule has 2 fully saturated rings. The van der Waals surface area contributed by atoms with Crippen LogP contribution in [0.4, 0.5) is 5.82 Å². The van der Waals surface area contributed by atoms with Crippen LogP contribution in [0.1, 0.15) is 38.5 Å². The lowest BCUT2D eigenvalue weighted by atomic mass is 9.78. The molecule has 3 rings (SSSR count). The monoisotopic (exact) mass is 232 g/mol. The third kappa shape index (κ3) is 1.99. The quantitative estimate of drug-likeness (QED) is 0.550. The lowest BCUT2D eigenvalue weighted by Gasteiger charge is -2.40. The maximum atomic E-state index is 11.9. The molecule has 0 N–H and O–H groups in total. The first-order valence-corrected chi connectivity index (χ1v) is 6.81. The van der Waals surface area contributed by atoms with Crippen LogP contribution >= 0.6 is 0 Å². The highest BCUT2D eigenvalue weighted by Crippen LogP contribution is 2.36. The molecule has 2 heterocycles. The fraction of sp³-hybridized carbons (Fsp3) is 0.643. The molecule has 0 radical (unpaired) electrons. The Balaban J connectivity index is 1.88. The van der Waals surface area contributed by atoms with Gasteiger partial charge in [-0.1, -0.05) is 12.5 Å². The fourth-order valence-electron chi connectivity index (χ4n) is 3.55. The maximum absolute atomic E-state index is 11.9. The number of aromatic nitrogens is 1. The first kappa shape index (κ1) is 10.9. The summed E-state index contributed by atoms with van der Waals surface area (Å²) < 4.78 is 1.02. The van der Waals surface area contributed by atoms with E-state index in [1.165, 1.54) is 38.5 Å². The van der Waals surface area contributed by atoms with Gasteiger partial charge in [0, 0.05) is 6.07 Å². The van der Waals surface area contributed by atoms with Crippen molar-refractivity contribution < 1.29 is 4.73 Å². The number of fused-ring (bicyclic) bond motifs is 1. The standard InChI is InChI=1S/C14H20N2O/c17-16-11-4-3-9-14(16)15-10-5-7-12-6-1-2-8-13(12)15/h3-4,9,11-13H,1-2,5-8,10H2/t12-,13+/m0/s1. The van der Waals surface area contributed by atoms with Gasteiger partial charge in [0.05, 0.1) is 18.8 Å². The molecule has 0 bridgehead atoms. The molecule has 1 aromatic heterocycles. The minimum absolute atomic E-state index is 0.611. The number of hydrogen-bond donors (Lipinski definition) is 0. The summed E-state index contributed by atoms with van der Waals surface area (Å²) in [6, 6.07) is 6.35. The van der Waals surface area contributed by atoms with E-state index in [4.69, 9.17) is 0 Å². The summed E-state index contributed by atoms with van der Waals surface area (Å²) in [6.07, 6.45) is 9.52. The summed E-state index contributed by atoms with van der Waals surface area (Å²) >= 11 is 0. The summed E-state index contributed by atoms with van der Waals surface area (Å²) in [5, 5.41) is 11.9. The van der Waals surface area contributed by atoms with E-state index in [2.05, 4.69) is 4.90 Å². The average Bonchev–Trinajstić information content (AvgIpc) is 2.39. The van der Waals surface area contributed by atoms with Gasteiger partial charge in [0.25, 0.3) is 5.82 Å². The Hall–Kier alpha value is -1.25. The topological polar surface area (TPSA) is 30.2 Å². The van der Waals surface area contributed by atoms with Crippen LogP contribution in [-0.2, 0) is 0 Å². The van der Waals surface area contributed by atoms with Crippen LogP contribution < -0.4 is 9.63 Å². The highest BCUT2D eigenvalue weighted by Gasteiger charge is 2.38. The van der Waals surface area contributed by atoms with Gasteiger partial charge in [-0.2, -0.15) is 0 Å². The molecule has 2 aliphatic rings. The Morgan fingerprint density at radius 2 is 1.94 bits per heavy atom. The van der Waals surface area contributed by atoms with Gasteiger partial charge in [-0.15, -0.1) is 0 Å². The molecule has 0 amide bonds. The Morgan fingerprint density at radius 3 is 2.82 bits per heavy atom. The van der Waals surface area contributed by atoms with E-state index < -0.39 is 0 Å². The Bertz CT molecular complexity index is 392. The van der Waals surface area contributed by atoms with Gasteiger partial charge in [-0.25, -0.2) is 4.73 Å². The van der Waals surface area contributed by atoms with E-state index in [0.717, 1.165) is 23.0 Å². The van der Waals surface area contributed by atoms with Crippen molar-refractivity contribution in [1.29, 1.82) is 0 Å². The molecule has 1 aliphatic carbocycles. The predicted octanol–water partition coefficient (Wildman–Crippen LogP) is 2.48. The van der Waals surface area contributed by atoms with Crippen molar-refractivity contribution in [1.82, 2.24) is 0 Å². The first-order chi connectivity index (χ1) is 8.36. The number of nitrogens with zero attached hydrogens (tertiary/aromatic N) is 2. The van der Waals surface area contributed by atoms with Crippen molar-refractivity contribution in [3.05, 3.63) is 29.6 Å². The van der Waals surface area contributed by atoms with Gasteiger partial charge in [0.1, 0.15) is 0 Å². The third-order valence-corrected chi connectivity index (χ3v) is 4.34. The SMILES string of the molecule is [O-][n+]1ccccc1N1CCC[C@@H]2CCCC[C@H]21. The highest BCUT2D eigenvalue weighted by atomic mass is 16.5. The van der Waals surface area contributed by atoms with Gasteiger partial charge in [0.15, 0.2) is 0 Å². The second-order valence-corrected chi connectivity index (χ2v) is 5.33. The zero-order valence-corrected chi connectivity index (χ0v) is 10.2. The van der Waals surface area contributed by atoms with Gasteiger partial charge in [0.2, 0.25) is 0 Å². The second kappa shape index (κ2) is 4.55. The minimum Gasteiger partial charge on any atom is -0.711 e. The molecule has 1 saturated carbocycles. The Kier molecular flexibility index (Phi) is 2.91. The van der Waals surface area contributed by atoms with Crippen LogP contribution in [0.3, 0.4) is 0 Å². The molecule has 3 nitrogen and oxygen atoms in total. The lowest BCUT2D eigenvalue weighted by Crippen LogP contribution is -2.51. The normalized spacial score (nSPS) is 28.8. The number of piperidine rings is 1. The van der Waals surface area contributed by atoms with Crippen molar-refractivity contribution in [3.8, 4) is 0 Å². The molecule has 0 aromatic carbocycles. The molecule has 1 saturated heterocycles. The Labute approximate surface area is 103 Å². The third-order valence-electron chi connectivity index (χ3n) is 4.34. The van der Waals surface area contributed by atoms with Gasteiger partial charge < -0.3 is 5.21 Å². The van der Waals surface area contributed by atoms with Crippen molar-refractivity contribution >= 4 is 5.82 Å². The molecule has 92 valence electrons. The summed E-state index contributed by atoms with van der Waals surface area (Å²) in [5.41, 5.74) is 0. The molecule has 2 atom stereocenters. The lowest BCUT2D eigenvalue weighted by molar-refractivity contribution is -0.592. The van der Waals surface area contributed by atoms with Crippen molar-refractivity contribution in [2.75, 3.05) is 11.4 Å². The molecule has 1 aliphatic heterocycles. The Morgan fingerprint density at radius 1 is 1.12 bits per heavy atom. The van der Waals surface area contributed by atoms with Crippen LogP contribution in [0.25, 0.3) is 0 Å². The zero-order valence-electron chi connectivity index (χ0n) is 10.2. The van der Waals surface area contributed by atoms with Gasteiger partial charge >= 0.3 is 0 Å². The predicted molar refractivity (Wildman–Crippen MR) is 67.7 cm³/mol. The summed E-state index contributed by atoms with van der Waals surface area (Å²) in [6.45, 7) is 1.05. The number of pyridine rings is 1. The van der Waals surface area contributed by atoms with Crippen molar-refractivity contribution in [2.45, 2.75) is 44.6 Å². The van der Waals surface area contributed by atoms with Crippen LogP contribution in [0.15, 0.2) is 24.4 Å². The number of hydrogen-bond acceptors (Lipinski definition) is 2. The summed E-state index contributed by atoms with van der Waals surface area (Å²) in [7, 11) is 0. The molecule has 0 spiro atoms. The largest absolute Gasteiger partial charge is 0.711 e. The van der Waals surface area contributed by atoms with Gasteiger partial charge in [-0.3, -0.25) is 4.90 Å². The van der Waals surface area contributed by atoms with Crippen LogP contribution in [0, 0.1) is 11.1 Å². The van der Waals surface area contributed by atoms with E-state index in [-0.39, 0.29) is 0 Å². The number of rotatable bonds is 1. The highest BCUT2D eigenvalue weighted by molar-refractivity contribution is 5.35. The van der Waals surface area contributed by atoms with Crippen LogP contribution in [0.5, 0.6) is 0 Å². The van der Waals surface area contributed by atoms with Crippen molar-refractivity contribution in [3.63, 3.8) is 0 Å². The first-order valence-electron chi connectivity index (χ1n) is 6.81. The van der Waals surface area contributed by atoms with Crippen LogP contribution in [-0.4, -0.2) is 12.6 Å². The van der Waals surface area contributed by atoms with Crippen LogP contribution in [0.2, 0.25) is 0 Å². The number of anilines is 1. The van der Waals surface area contributed by atoms with Gasteiger partial charge in [-0.05, 0) is 44.1 Å². The van der Waals surface area contributed by atoms with E-state index in [1.54, 1.807) is 12.3 Å². The van der Waals surface area contributed by atoms with Crippen molar-refractivity contribution in [2.24, 2.45) is 5.92 Å². The molecular weight excluding hydrogens is 212 g/mol. The minimum atomic E-state index is 0.611. The zero-order chi connectivity index (χ0) is 11.7. The van der Waals surface area contributed by atoms with E-state index in [9.17, 15) is 5.21 Å². The smallest absolute Gasteiger partial charge is 0.279 e. The molecule has 0 unspecified atom stereocenters. The molecular formula is C14H20N2O. The second-order valence-electron chi connectivity index (χ2n) is 5.33. The summed E-state index contributed by atoms with van der Waals surface area (Å²) in [5.74, 6) is 1.67. The van der Waals surface area contributed by atoms with E-state index in [1.807, 2.05) is 12.1 Å².